The lowest BCUT2D eigenvalue weighted by Gasteiger charge is -2.22. The summed E-state index contributed by atoms with van der Waals surface area (Å²) in [6.45, 7) is 0.408. The van der Waals surface area contributed by atoms with Crippen molar-refractivity contribution in [3.05, 3.63) is 65.7 Å². The van der Waals surface area contributed by atoms with Gasteiger partial charge in [-0.1, -0.05) is 0 Å². The van der Waals surface area contributed by atoms with E-state index in [-0.39, 0.29) is 11.7 Å². The van der Waals surface area contributed by atoms with Gasteiger partial charge < -0.3 is 4.90 Å². The van der Waals surface area contributed by atoms with Crippen molar-refractivity contribution in [3.8, 4) is 0 Å². The van der Waals surface area contributed by atoms with Gasteiger partial charge in [-0.25, -0.2) is 8.78 Å². The molecule has 0 saturated heterocycles. The molecule has 5 heteroatoms. The molecule has 0 atom stereocenters. The molecular formula is C16H14ClF2NO. The predicted molar refractivity (Wildman–Crippen MR) is 79.8 cm³/mol. The molecule has 0 aromatic heterocycles. The zero-order valence-corrected chi connectivity index (χ0v) is 12.0. The number of halogens is 3. The first-order valence-corrected chi connectivity index (χ1v) is 7.04. The maximum atomic E-state index is 13.0. The molecule has 0 unspecified atom stereocenters. The molecule has 0 aliphatic heterocycles. The fourth-order valence-corrected chi connectivity index (χ4v) is 2.05. The summed E-state index contributed by atoms with van der Waals surface area (Å²) in [5.41, 5.74) is 0.950. The Balaban J connectivity index is 2.28. The summed E-state index contributed by atoms with van der Waals surface area (Å²) in [7, 11) is 0. The highest BCUT2D eigenvalue weighted by Gasteiger charge is 2.17. The normalized spacial score (nSPS) is 10.4. The highest BCUT2D eigenvalue weighted by molar-refractivity contribution is 6.17. The first-order chi connectivity index (χ1) is 10.1. The first kappa shape index (κ1) is 15.4. The van der Waals surface area contributed by atoms with E-state index < -0.39 is 5.82 Å². The van der Waals surface area contributed by atoms with E-state index in [4.69, 9.17) is 11.6 Å². The largest absolute Gasteiger partial charge is 0.308 e. The number of carbonyl (C=O) groups excluding carboxylic acids is 1. The van der Waals surface area contributed by atoms with Crippen LogP contribution < -0.4 is 4.90 Å². The Morgan fingerprint density at radius 1 is 0.952 bits per heavy atom. The lowest BCUT2D eigenvalue weighted by molar-refractivity contribution is 0.0987. The SMILES string of the molecule is O=C(c1ccc(F)cc1)N(CCCCl)c1ccc(F)cc1. The molecule has 2 rings (SSSR count). The van der Waals surface area contributed by atoms with E-state index in [0.717, 1.165) is 0 Å². The molecule has 0 radical (unpaired) electrons. The molecule has 0 bridgehead atoms. The molecule has 0 saturated carbocycles. The summed E-state index contributed by atoms with van der Waals surface area (Å²) in [4.78, 5) is 14.0. The third-order valence-electron chi connectivity index (χ3n) is 2.99. The molecule has 0 aliphatic rings. The van der Waals surface area contributed by atoms with Gasteiger partial charge in [0.15, 0.2) is 0 Å². The Hall–Kier alpha value is -1.94. The molecule has 0 N–H and O–H groups in total. The second-order valence-corrected chi connectivity index (χ2v) is 4.86. The number of alkyl halides is 1. The van der Waals surface area contributed by atoms with Gasteiger partial charge in [0.2, 0.25) is 0 Å². The molecule has 21 heavy (non-hydrogen) atoms. The van der Waals surface area contributed by atoms with Crippen molar-refractivity contribution < 1.29 is 13.6 Å². The molecule has 2 aromatic rings. The van der Waals surface area contributed by atoms with Crippen LogP contribution in [0.5, 0.6) is 0 Å². The van der Waals surface area contributed by atoms with Crippen LogP contribution in [0.4, 0.5) is 14.5 Å². The number of amides is 1. The minimum absolute atomic E-state index is 0.272. The molecule has 2 aromatic carbocycles. The Labute approximate surface area is 127 Å². The van der Waals surface area contributed by atoms with E-state index in [1.54, 1.807) is 0 Å². The lowest BCUT2D eigenvalue weighted by Crippen LogP contribution is -2.32. The van der Waals surface area contributed by atoms with Crippen molar-refractivity contribution in [1.82, 2.24) is 0 Å². The molecular weight excluding hydrogens is 296 g/mol. The van der Waals surface area contributed by atoms with Gasteiger partial charge in [-0.3, -0.25) is 4.79 Å². The summed E-state index contributed by atoms with van der Waals surface area (Å²) >= 11 is 5.68. The summed E-state index contributed by atoms with van der Waals surface area (Å²) in [6, 6.07) is 11.0. The van der Waals surface area contributed by atoms with Gasteiger partial charge in [-0.2, -0.15) is 0 Å². The number of benzene rings is 2. The van der Waals surface area contributed by atoms with Crippen molar-refractivity contribution in [1.29, 1.82) is 0 Å². The molecule has 2 nitrogen and oxygen atoms in total. The summed E-state index contributed by atoms with van der Waals surface area (Å²) in [6.07, 6.45) is 0.603. The van der Waals surface area contributed by atoms with Crippen LogP contribution >= 0.6 is 11.6 Å². The summed E-state index contributed by atoms with van der Waals surface area (Å²) < 4.78 is 25.9. The zero-order valence-electron chi connectivity index (χ0n) is 11.2. The van der Waals surface area contributed by atoms with E-state index in [1.165, 1.54) is 53.4 Å². The standard InChI is InChI=1S/C16H14ClF2NO/c17-10-1-11-20(15-8-6-14(19)7-9-15)16(21)12-2-4-13(18)5-3-12/h2-9H,1,10-11H2. The zero-order chi connectivity index (χ0) is 15.2. The third-order valence-corrected chi connectivity index (χ3v) is 3.26. The van der Waals surface area contributed by atoms with Crippen LogP contribution in [0, 0.1) is 11.6 Å². The van der Waals surface area contributed by atoms with Crippen LogP contribution in [-0.2, 0) is 0 Å². The number of nitrogens with zero attached hydrogens (tertiary/aromatic N) is 1. The Morgan fingerprint density at radius 2 is 1.48 bits per heavy atom. The van der Waals surface area contributed by atoms with Gasteiger partial charge in [0.1, 0.15) is 11.6 Å². The number of hydrogen-bond donors (Lipinski definition) is 0. The second-order valence-electron chi connectivity index (χ2n) is 4.48. The lowest BCUT2D eigenvalue weighted by atomic mass is 10.1. The van der Waals surface area contributed by atoms with Crippen molar-refractivity contribution in [3.63, 3.8) is 0 Å². The van der Waals surface area contributed by atoms with Gasteiger partial charge in [0.05, 0.1) is 0 Å². The fraction of sp³-hybridized carbons (Fsp3) is 0.188. The minimum Gasteiger partial charge on any atom is -0.308 e. The molecule has 0 fully saturated rings. The van der Waals surface area contributed by atoms with Gasteiger partial charge in [0.25, 0.3) is 5.91 Å². The van der Waals surface area contributed by atoms with Crippen molar-refractivity contribution >= 4 is 23.2 Å². The van der Waals surface area contributed by atoms with E-state index >= 15 is 0 Å². The smallest absolute Gasteiger partial charge is 0.258 e. The third kappa shape index (κ3) is 4.02. The van der Waals surface area contributed by atoms with Crippen LogP contribution in [-0.4, -0.2) is 18.3 Å². The molecule has 110 valence electrons. The van der Waals surface area contributed by atoms with Crippen molar-refractivity contribution in [2.75, 3.05) is 17.3 Å². The number of rotatable bonds is 5. The average molecular weight is 310 g/mol. The highest BCUT2D eigenvalue weighted by atomic mass is 35.5. The van der Waals surface area contributed by atoms with Gasteiger partial charge >= 0.3 is 0 Å². The monoisotopic (exact) mass is 309 g/mol. The maximum absolute atomic E-state index is 13.0. The van der Waals surface area contributed by atoms with Gasteiger partial charge in [-0.05, 0) is 55.0 Å². The topological polar surface area (TPSA) is 20.3 Å². The first-order valence-electron chi connectivity index (χ1n) is 6.51. The van der Waals surface area contributed by atoms with Crippen molar-refractivity contribution in [2.24, 2.45) is 0 Å². The second kappa shape index (κ2) is 7.18. The van der Waals surface area contributed by atoms with Crippen molar-refractivity contribution in [2.45, 2.75) is 6.42 Å². The quantitative estimate of drug-likeness (QED) is 0.756. The molecule has 0 spiro atoms. The van der Waals surface area contributed by atoms with E-state index in [1.807, 2.05) is 0 Å². The average Bonchev–Trinajstić information content (AvgIpc) is 2.50. The van der Waals surface area contributed by atoms with Crippen LogP contribution in [0.15, 0.2) is 48.5 Å². The predicted octanol–water partition coefficient (Wildman–Crippen LogP) is 4.24. The van der Waals surface area contributed by atoms with Gasteiger partial charge in [0, 0.05) is 23.7 Å². The Bertz CT molecular complexity index is 599. The minimum atomic E-state index is -0.402. The van der Waals surface area contributed by atoms with E-state index in [0.29, 0.717) is 30.1 Å². The number of anilines is 1. The Morgan fingerprint density at radius 3 is 2.00 bits per heavy atom. The van der Waals surface area contributed by atoms with Crippen LogP contribution in [0.3, 0.4) is 0 Å². The number of hydrogen-bond acceptors (Lipinski definition) is 1. The Kier molecular flexibility index (Phi) is 5.28. The van der Waals surface area contributed by atoms with Crippen LogP contribution in [0.1, 0.15) is 16.8 Å². The van der Waals surface area contributed by atoms with Crippen LogP contribution in [0.25, 0.3) is 0 Å². The van der Waals surface area contributed by atoms with Crippen LogP contribution in [0.2, 0.25) is 0 Å². The summed E-state index contributed by atoms with van der Waals surface area (Å²) in [5, 5.41) is 0. The number of carbonyl (C=O) groups is 1. The van der Waals surface area contributed by atoms with E-state index in [2.05, 4.69) is 0 Å². The summed E-state index contributed by atoms with van der Waals surface area (Å²) in [5.74, 6) is -0.633. The van der Waals surface area contributed by atoms with E-state index in [9.17, 15) is 13.6 Å². The fourth-order valence-electron chi connectivity index (χ4n) is 1.94. The highest BCUT2D eigenvalue weighted by Crippen LogP contribution is 2.19. The molecule has 0 heterocycles. The molecule has 1 amide bonds. The molecule has 0 aliphatic carbocycles. The maximum Gasteiger partial charge on any atom is 0.258 e. The van der Waals surface area contributed by atoms with Gasteiger partial charge in [-0.15, -0.1) is 11.6 Å².